The summed E-state index contributed by atoms with van der Waals surface area (Å²) < 4.78 is 0. The molecular weight excluding hydrogens is 388 g/mol. The molecule has 0 aliphatic carbocycles. The number of unbranched alkanes of at least 4 members (excludes halogenated alkanes) is 17. The molecule has 0 bridgehead atoms. The molecule has 0 saturated heterocycles. The molecule has 0 fully saturated rings. The standard InChI is InChI=1S/C30H55N2/c1-4-7-10-12-14-16-18-20-22-24-28-27-29(32-30(31-28)26-9-6-3)25-23-21-19-17-15-13-11-8-5-2/h27H,3-26H2,1-2H3. The van der Waals surface area contributed by atoms with Crippen LogP contribution in [0, 0.1) is 6.92 Å². The molecule has 0 saturated carbocycles. The fourth-order valence-electron chi connectivity index (χ4n) is 4.50. The van der Waals surface area contributed by atoms with Crippen molar-refractivity contribution in [2.75, 3.05) is 0 Å². The Hall–Kier alpha value is -0.920. The van der Waals surface area contributed by atoms with Crippen LogP contribution < -0.4 is 0 Å². The summed E-state index contributed by atoms with van der Waals surface area (Å²) in [5, 5.41) is 0. The average molecular weight is 444 g/mol. The van der Waals surface area contributed by atoms with Crippen LogP contribution in [-0.4, -0.2) is 9.97 Å². The van der Waals surface area contributed by atoms with Gasteiger partial charge in [0.25, 0.3) is 0 Å². The van der Waals surface area contributed by atoms with Crippen LogP contribution in [0.1, 0.15) is 159 Å². The molecule has 0 amide bonds. The quantitative estimate of drug-likeness (QED) is 0.157. The maximum absolute atomic E-state index is 4.89. The monoisotopic (exact) mass is 443 g/mol. The smallest absolute Gasteiger partial charge is 0.128 e. The van der Waals surface area contributed by atoms with E-state index in [1.165, 1.54) is 127 Å². The molecule has 1 rings (SSSR count). The van der Waals surface area contributed by atoms with Gasteiger partial charge in [-0.15, -0.1) is 0 Å². The molecule has 0 aromatic carbocycles. The van der Waals surface area contributed by atoms with Crippen molar-refractivity contribution in [3.8, 4) is 0 Å². The highest BCUT2D eigenvalue weighted by atomic mass is 14.9. The predicted octanol–water partition coefficient (Wildman–Crippen LogP) is 9.78. The molecule has 0 spiro atoms. The van der Waals surface area contributed by atoms with E-state index in [0.717, 1.165) is 37.9 Å². The summed E-state index contributed by atoms with van der Waals surface area (Å²) in [6, 6.07) is 2.31. The van der Waals surface area contributed by atoms with Crippen molar-refractivity contribution in [2.45, 2.75) is 162 Å². The van der Waals surface area contributed by atoms with Crippen molar-refractivity contribution in [3.05, 3.63) is 30.2 Å². The summed E-state index contributed by atoms with van der Waals surface area (Å²) in [4.78, 5) is 9.79. The lowest BCUT2D eigenvalue weighted by atomic mass is 10.0. The molecule has 2 heteroatoms. The first-order valence-corrected chi connectivity index (χ1v) is 14.4. The molecule has 0 atom stereocenters. The molecule has 32 heavy (non-hydrogen) atoms. The van der Waals surface area contributed by atoms with Crippen LogP contribution >= 0.6 is 0 Å². The Morgan fingerprint density at radius 2 is 0.875 bits per heavy atom. The molecule has 0 aliphatic rings. The minimum atomic E-state index is 0.972. The van der Waals surface area contributed by atoms with Crippen molar-refractivity contribution in [1.29, 1.82) is 0 Å². The highest BCUT2D eigenvalue weighted by Crippen LogP contribution is 2.15. The largest absolute Gasteiger partial charge is 0.238 e. The molecule has 1 heterocycles. The zero-order chi connectivity index (χ0) is 23.1. The zero-order valence-corrected chi connectivity index (χ0v) is 21.9. The lowest BCUT2D eigenvalue weighted by Crippen LogP contribution is -2.04. The number of aromatic nitrogens is 2. The molecule has 1 radical (unpaired) electrons. The van der Waals surface area contributed by atoms with E-state index in [2.05, 4.69) is 26.8 Å². The third-order valence-electron chi connectivity index (χ3n) is 6.60. The second-order valence-corrected chi connectivity index (χ2v) is 9.88. The van der Waals surface area contributed by atoms with Gasteiger partial charge >= 0.3 is 0 Å². The summed E-state index contributed by atoms with van der Waals surface area (Å²) in [5.41, 5.74) is 2.57. The number of rotatable bonds is 23. The molecule has 0 N–H and O–H groups in total. The average Bonchev–Trinajstić information content (AvgIpc) is 2.80. The maximum atomic E-state index is 4.89. The number of hydrogen-bond acceptors (Lipinski definition) is 2. The van der Waals surface area contributed by atoms with Crippen LogP contribution in [-0.2, 0) is 19.3 Å². The molecule has 1 aromatic heterocycles. The summed E-state index contributed by atoms with van der Waals surface area (Å²) in [7, 11) is 0. The van der Waals surface area contributed by atoms with E-state index in [-0.39, 0.29) is 0 Å². The van der Waals surface area contributed by atoms with E-state index >= 15 is 0 Å². The van der Waals surface area contributed by atoms with Crippen LogP contribution in [0.3, 0.4) is 0 Å². The van der Waals surface area contributed by atoms with Gasteiger partial charge in [0.2, 0.25) is 0 Å². The van der Waals surface area contributed by atoms with Crippen LogP contribution in [0.5, 0.6) is 0 Å². The van der Waals surface area contributed by atoms with Gasteiger partial charge in [0.1, 0.15) is 5.82 Å². The van der Waals surface area contributed by atoms with Crippen LogP contribution in [0.4, 0.5) is 0 Å². The number of nitrogens with zero attached hydrogens (tertiary/aromatic N) is 2. The van der Waals surface area contributed by atoms with E-state index in [4.69, 9.17) is 9.97 Å². The Balaban J connectivity index is 2.29. The lowest BCUT2D eigenvalue weighted by molar-refractivity contribution is 0.560. The van der Waals surface area contributed by atoms with E-state index < -0.39 is 0 Å². The molecule has 0 aliphatic heterocycles. The Morgan fingerprint density at radius 3 is 1.25 bits per heavy atom. The van der Waals surface area contributed by atoms with Gasteiger partial charge in [0.05, 0.1) is 0 Å². The van der Waals surface area contributed by atoms with E-state index in [9.17, 15) is 0 Å². The molecule has 185 valence electrons. The van der Waals surface area contributed by atoms with Crippen molar-refractivity contribution in [3.63, 3.8) is 0 Å². The molecule has 2 nitrogen and oxygen atoms in total. The SMILES string of the molecule is [CH2]CCCc1nc(CCCCCCCCCCC)cc(CCCCCCCCCCC)n1. The molecular formula is C30H55N2. The highest BCUT2D eigenvalue weighted by Gasteiger charge is 2.06. The van der Waals surface area contributed by atoms with Gasteiger partial charge in [-0.25, -0.2) is 9.97 Å². The minimum Gasteiger partial charge on any atom is -0.238 e. The Morgan fingerprint density at radius 1 is 0.500 bits per heavy atom. The highest BCUT2D eigenvalue weighted by molar-refractivity contribution is 5.12. The minimum absolute atomic E-state index is 0.972. The first-order chi connectivity index (χ1) is 15.8. The second kappa shape index (κ2) is 21.9. The molecule has 1 aromatic rings. The lowest BCUT2D eigenvalue weighted by Gasteiger charge is -2.09. The van der Waals surface area contributed by atoms with Gasteiger partial charge in [0.15, 0.2) is 0 Å². The Labute approximate surface area is 201 Å². The topological polar surface area (TPSA) is 25.8 Å². The van der Waals surface area contributed by atoms with Crippen molar-refractivity contribution in [1.82, 2.24) is 9.97 Å². The first kappa shape index (κ1) is 29.1. The summed E-state index contributed by atoms with van der Waals surface area (Å²) in [5.74, 6) is 1.06. The van der Waals surface area contributed by atoms with E-state index in [0.29, 0.717) is 0 Å². The fourth-order valence-corrected chi connectivity index (χ4v) is 4.50. The predicted molar refractivity (Wildman–Crippen MR) is 142 cm³/mol. The van der Waals surface area contributed by atoms with Crippen molar-refractivity contribution < 1.29 is 0 Å². The van der Waals surface area contributed by atoms with Gasteiger partial charge < -0.3 is 0 Å². The Bertz CT molecular complexity index is 485. The van der Waals surface area contributed by atoms with E-state index in [1.807, 2.05) is 0 Å². The van der Waals surface area contributed by atoms with Crippen LogP contribution in [0.2, 0.25) is 0 Å². The van der Waals surface area contributed by atoms with E-state index in [1.54, 1.807) is 0 Å². The third-order valence-corrected chi connectivity index (χ3v) is 6.60. The van der Waals surface area contributed by atoms with Gasteiger partial charge in [-0.2, -0.15) is 0 Å². The Kier molecular flexibility index (Phi) is 19.9. The van der Waals surface area contributed by atoms with Crippen molar-refractivity contribution >= 4 is 0 Å². The normalized spacial score (nSPS) is 11.3. The van der Waals surface area contributed by atoms with Gasteiger partial charge in [-0.1, -0.05) is 130 Å². The van der Waals surface area contributed by atoms with Gasteiger partial charge in [-0.3, -0.25) is 0 Å². The number of aryl methyl sites for hydroxylation is 3. The third kappa shape index (κ3) is 16.7. The zero-order valence-electron chi connectivity index (χ0n) is 21.9. The second-order valence-electron chi connectivity index (χ2n) is 9.88. The first-order valence-electron chi connectivity index (χ1n) is 14.4. The molecule has 0 unspecified atom stereocenters. The maximum Gasteiger partial charge on any atom is 0.128 e. The van der Waals surface area contributed by atoms with Crippen molar-refractivity contribution in [2.24, 2.45) is 0 Å². The summed E-state index contributed by atoms with van der Waals surface area (Å²) in [6.07, 6.45) is 30.2. The summed E-state index contributed by atoms with van der Waals surface area (Å²) in [6.45, 7) is 8.58. The van der Waals surface area contributed by atoms with Gasteiger partial charge in [-0.05, 0) is 38.2 Å². The number of hydrogen-bond donors (Lipinski definition) is 0. The van der Waals surface area contributed by atoms with Gasteiger partial charge in [0, 0.05) is 17.8 Å². The van der Waals surface area contributed by atoms with Crippen LogP contribution in [0.25, 0.3) is 0 Å². The summed E-state index contributed by atoms with van der Waals surface area (Å²) >= 11 is 0. The van der Waals surface area contributed by atoms with Crippen LogP contribution in [0.15, 0.2) is 6.07 Å². The fraction of sp³-hybridized carbons (Fsp3) is 0.833.